The fraction of sp³-hybridized carbons (Fsp3) is 0.154. The summed E-state index contributed by atoms with van der Waals surface area (Å²) in [6.07, 6.45) is 0. The zero-order valence-corrected chi connectivity index (χ0v) is 9.96. The summed E-state index contributed by atoms with van der Waals surface area (Å²) in [5, 5.41) is 9.21. The van der Waals surface area contributed by atoms with Crippen molar-refractivity contribution in [1.82, 2.24) is 4.98 Å². The van der Waals surface area contributed by atoms with Crippen LogP contribution in [0, 0.1) is 0 Å². The lowest BCUT2D eigenvalue weighted by Crippen LogP contribution is -1.99. The van der Waals surface area contributed by atoms with Crippen LogP contribution in [0.25, 0.3) is 0 Å². The van der Waals surface area contributed by atoms with E-state index in [1.54, 1.807) is 24.3 Å². The van der Waals surface area contributed by atoms with Crippen molar-refractivity contribution < 1.29 is 14.6 Å². The molecule has 0 aliphatic rings. The molecule has 0 aliphatic carbocycles. The van der Waals surface area contributed by atoms with E-state index in [4.69, 9.17) is 15.2 Å². The molecule has 1 aromatic carbocycles. The molecule has 0 bridgehead atoms. The van der Waals surface area contributed by atoms with E-state index in [1.807, 2.05) is 12.1 Å². The number of hydrogen-bond donors (Lipinski definition) is 2. The standard InChI is InChI=1S/C13H14N2O3/c1-17-12-7-6-10(14)13(15-12)18-11-5-3-2-4-9(11)8-16/h2-7,16H,8,14H2,1H3. The van der Waals surface area contributed by atoms with Crippen molar-refractivity contribution in [2.45, 2.75) is 6.61 Å². The Labute approximate surface area is 105 Å². The van der Waals surface area contributed by atoms with Gasteiger partial charge in [-0.1, -0.05) is 18.2 Å². The number of nitrogens with zero attached hydrogens (tertiary/aromatic N) is 1. The van der Waals surface area contributed by atoms with Gasteiger partial charge in [-0.2, -0.15) is 4.98 Å². The molecule has 1 aromatic heterocycles. The monoisotopic (exact) mass is 246 g/mol. The Kier molecular flexibility index (Phi) is 3.64. The van der Waals surface area contributed by atoms with Crippen LogP contribution in [-0.2, 0) is 6.61 Å². The highest BCUT2D eigenvalue weighted by Gasteiger charge is 2.08. The molecule has 3 N–H and O–H groups in total. The average Bonchev–Trinajstić information content (AvgIpc) is 2.42. The van der Waals surface area contributed by atoms with Crippen molar-refractivity contribution in [3.8, 4) is 17.5 Å². The van der Waals surface area contributed by atoms with Gasteiger partial charge in [-0.05, 0) is 12.1 Å². The minimum Gasteiger partial charge on any atom is -0.481 e. The van der Waals surface area contributed by atoms with E-state index >= 15 is 0 Å². The molecule has 0 aliphatic heterocycles. The zero-order valence-electron chi connectivity index (χ0n) is 9.96. The number of hydrogen-bond acceptors (Lipinski definition) is 5. The van der Waals surface area contributed by atoms with Gasteiger partial charge in [0.1, 0.15) is 5.75 Å². The number of methoxy groups -OCH3 is 1. The van der Waals surface area contributed by atoms with Gasteiger partial charge in [0.15, 0.2) is 0 Å². The lowest BCUT2D eigenvalue weighted by atomic mass is 10.2. The van der Waals surface area contributed by atoms with Crippen molar-refractivity contribution in [1.29, 1.82) is 0 Å². The number of ether oxygens (including phenoxy) is 2. The molecule has 0 spiro atoms. The first-order valence-corrected chi connectivity index (χ1v) is 5.41. The third-order valence-corrected chi connectivity index (χ3v) is 2.42. The molecule has 0 saturated carbocycles. The van der Waals surface area contributed by atoms with E-state index < -0.39 is 0 Å². The molecule has 94 valence electrons. The maximum Gasteiger partial charge on any atom is 0.246 e. The Hall–Kier alpha value is -2.27. The number of aromatic nitrogens is 1. The van der Waals surface area contributed by atoms with Crippen molar-refractivity contribution >= 4 is 5.69 Å². The summed E-state index contributed by atoms with van der Waals surface area (Å²) in [4.78, 5) is 4.11. The van der Waals surface area contributed by atoms with Crippen molar-refractivity contribution in [3.63, 3.8) is 0 Å². The Morgan fingerprint density at radius 2 is 2.00 bits per heavy atom. The van der Waals surface area contributed by atoms with Crippen molar-refractivity contribution in [2.24, 2.45) is 0 Å². The minimum absolute atomic E-state index is 0.111. The van der Waals surface area contributed by atoms with Crippen LogP contribution in [0.1, 0.15) is 5.56 Å². The molecular formula is C13H14N2O3. The van der Waals surface area contributed by atoms with E-state index in [1.165, 1.54) is 7.11 Å². The SMILES string of the molecule is COc1ccc(N)c(Oc2ccccc2CO)n1. The third kappa shape index (κ3) is 2.52. The van der Waals surface area contributed by atoms with Crippen LogP contribution in [0.3, 0.4) is 0 Å². The highest BCUT2D eigenvalue weighted by molar-refractivity contribution is 5.51. The van der Waals surface area contributed by atoms with Gasteiger partial charge >= 0.3 is 0 Å². The quantitative estimate of drug-likeness (QED) is 0.862. The molecule has 2 aromatic rings. The van der Waals surface area contributed by atoms with E-state index in [-0.39, 0.29) is 12.5 Å². The van der Waals surface area contributed by atoms with Gasteiger partial charge in [0.2, 0.25) is 11.8 Å². The van der Waals surface area contributed by atoms with Crippen molar-refractivity contribution in [2.75, 3.05) is 12.8 Å². The maximum absolute atomic E-state index is 9.21. The van der Waals surface area contributed by atoms with Gasteiger partial charge in [0.25, 0.3) is 0 Å². The number of nitrogen functional groups attached to an aromatic ring is 1. The smallest absolute Gasteiger partial charge is 0.246 e. The highest BCUT2D eigenvalue weighted by Crippen LogP contribution is 2.29. The number of aliphatic hydroxyl groups is 1. The molecule has 0 saturated heterocycles. The highest BCUT2D eigenvalue weighted by atomic mass is 16.5. The van der Waals surface area contributed by atoms with Gasteiger partial charge < -0.3 is 20.3 Å². The van der Waals surface area contributed by atoms with Crippen LogP contribution < -0.4 is 15.2 Å². The Morgan fingerprint density at radius 3 is 2.72 bits per heavy atom. The fourth-order valence-corrected chi connectivity index (χ4v) is 1.47. The summed E-state index contributed by atoms with van der Waals surface area (Å²) in [6, 6.07) is 10.5. The second-order valence-corrected chi connectivity index (χ2v) is 3.62. The Bertz CT molecular complexity index is 544. The molecule has 0 radical (unpaired) electrons. The minimum atomic E-state index is -0.111. The summed E-state index contributed by atoms with van der Waals surface area (Å²) < 4.78 is 10.6. The molecule has 0 amide bonds. The van der Waals surface area contributed by atoms with Gasteiger partial charge in [0.05, 0.1) is 19.4 Å². The Balaban J connectivity index is 2.33. The maximum atomic E-state index is 9.21. The second kappa shape index (κ2) is 5.37. The molecule has 0 unspecified atom stereocenters. The number of aliphatic hydroxyl groups excluding tert-OH is 1. The molecule has 2 rings (SSSR count). The molecular weight excluding hydrogens is 232 g/mol. The van der Waals surface area contributed by atoms with Crippen LogP contribution in [0.2, 0.25) is 0 Å². The first-order valence-electron chi connectivity index (χ1n) is 5.41. The molecule has 18 heavy (non-hydrogen) atoms. The lowest BCUT2D eigenvalue weighted by molar-refractivity contribution is 0.276. The van der Waals surface area contributed by atoms with E-state index in [0.717, 1.165) is 0 Å². The normalized spacial score (nSPS) is 10.1. The summed E-state index contributed by atoms with van der Waals surface area (Å²) in [5.41, 5.74) is 6.85. The number of benzene rings is 1. The van der Waals surface area contributed by atoms with Crippen LogP contribution in [0.5, 0.6) is 17.5 Å². The summed E-state index contributed by atoms with van der Waals surface area (Å²) in [7, 11) is 1.52. The molecule has 0 atom stereocenters. The van der Waals surface area contributed by atoms with Gasteiger partial charge in [0, 0.05) is 11.6 Å². The molecule has 5 nitrogen and oxygen atoms in total. The first kappa shape index (κ1) is 12.2. The topological polar surface area (TPSA) is 77.6 Å². The molecule has 0 fully saturated rings. The van der Waals surface area contributed by atoms with E-state index in [9.17, 15) is 5.11 Å². The summed E-state index contributed by atoms with van der Waals surface area (Å²) in [5.74, 6) is 1.20. The largest absolute Gasteiger partial charge is 0.481 e. The van der Waals surface area contributed by atoms with Crippen molar-refractivity contribution in [3.05, 3.63) is 42.0 Å². The zero-order chi connectivity index (χ0) is 13.0. The van der Waals surface area contributed by atoms with Gasteiger partial charge in [-0.3, -0.25) is 0 Å². The average molecular weight is 246 g/mol. The number of pyridine rings is 1. The van der Waals surface area contributed by atoms with Gasteiger partial charge in [-0.25, -0.2) is 0 Å². The predicted octanol–water partition coefficient (Wildman–Crippen LogP) is 1.96. The predicted molar refractivity (Wildman–Crippen MR) is 67.6 cm³/mol. The molecule has 1 heterocycles. The summed E-state index contributed by atoms with van der Waals surface area (Å²) >= 11 is 0. The van der Waals surface area contributed by atoms with Crippen LogP contribution >= 0.6 is 0 Å². The first-order chi connectivity index (χ1) is 8.74. The third-order valence-electron chi connectivity index (χ3n) is 2.42. The number of anilines is 1. The summed E-state index contributed by atoms with van der Waals surface area (Å²) in [6.45, 7) is -0.111. The van der Waals surface area contributed by atoms with Gasteiger partial charge in [-0.15, -0.1) is 0 Å². The van der Waals surface area contributed by atoms with Crippen LogP contribution in [-0.4, -0.2) is 17.2 Å². The number of para-hydroxylation sites is 1. The van der Waals surface area contributed by atoms with Crippen LogP contribution in [0.4, 0.5) is 5.69 Å². The fourth-order valence-electron chi connectivity index (χ4n) is 1.47. The van der Waals surface area contributed by atoms with E-state index in [2.05, 4.69) is 4.98 Å². The van der Waals surface area contributed by atoms with E-state index in [0.29, 0.717) is 22.9 Å². The lowest BCUT2D eigenvalue weighted by Gasteiger charge is -2.11. The number of nitrogens with two attached hydrogens (primary N) is 1. The molecule has 5 heteroatoms. The Morgan fingerprint density at radius 1 is 1.22 bits per heavy atom. The van der Waals surface area contributed by atoms with Crippen LogP contribution in [0.15, 0.2) is 36.4 Å². The second-order valence-electron chi connectivity index (χ2n) is 3.62. The number of rotatable bonds is 4.